The van der Waals surface area contributed by atoms with Crippen molar-refractivity contribution >= 4 is 11.4 Å². The monoisotopic (exact) mass is 234 g/mol. The summed E-state index contributed by atoms with van der Waals surface area (Å²) in [5, 5.41) is 13.6. The van der Waals surface area contributed by atoms with E-state index in [2.05, 4.69) is 11.7 Å². The van der Waals surface area contributed by atoms with Gasteiger partial charge in [0.2, 0.25) is 0 Å². The van der Waals surface area contributed by atoms with Gasteiger partial charge in [-0.25, -0.2) is 0 Å². The summed E-state index contributed by atoms with van der Waals surface area (Å²) in [6.07, 6.45) is 1.52. The van der Waals surface area contributed by atoms with Gasteiger partial charge in [0.25, 0.3) is 0 Å². The minimum absolute atomic E-state index is 0.0401. The fraction of sp³-hybridized carbons (Fsp3) is 0.538. The van der Waals surface area contributed by atoms with Gasteiger partial charge in [-0.2, -0.15) is 5.10 Å². The molecule has 1 fully saturated rings. The zero-order valence-corrected chi connectivity index (χ0v) is 10.6. The van der Waals surface area contributed by atoms with E-state index >= 15 is 0 Å². The smallest absolute Gasteiger partial charge is 0.192 e. The first-order valence-corrected chi connectivity index (χ1v) is 5.78. The Morgan fingerprint density at radius 1 is 1.59 bits per heavy atom. The molecule has 0 bridgehead atoms. The number of nitrogens with zero attached hydrogens (tertiary/aromatic N) is 2. The summed E-state index contributed by atoms with van der Waals surface area (Å²) in [6.45, 7) is 7.61. The van der Waals surface area contributed by atoms with Gasteiger partial charge in [0, 0.05) is 18.3 Å². The number of aliphatic hydroxyl groups excluding tert-OH is 1. The minimum atomic E-state index is -0.564. The molecule has 0 radical (unpaired) electrons. The SMILES string of the molecule is C=C(C)c1c(C(=O)C2(CO)CC2)nn(C)c1C. The highest BCUT2D eigenvalue weighted by Crippen LogP contribution is 2.48. The second-order valence-corrected chi connectivity index (χ2v) is 4.98. The van der Waals surface area contributed by atoms with E-state index in [4.69, 9.17) is 0 Å². The van der Waals surface area contributed by atoms with Crippen LogP contribution in [0.2, 0.25) is 0 Å². The molecule has 4 nitrogen and oxygen atoms in total. The van der Waals surface area contributed by atoms with Crippen LogP contribution in [0.1, 0.15) is 41.5 Å². The molecule has 17 heavy (non-hydrogen) atoms. The molecule has 2 rings (SSSR count). The summed E-state index contributed by atoms with van der Waals surface area (Å²) >= 11 is 0. The van der Waals surface area contributed by atoms with Crippen LogP contribution in [-0.4, -0.2) is 27.3 Å². The maximum absolute atomic E-state index is 12.4. The Morgan fingerprint density at radius 2 is 2.18 bits per heavy atom. The van der Waals surface area contributed by atoms with Gasteiger partial charge in [0.05, 0.1) is 12.0 Å². The minimum Gasteiger partial charge on any atom is -0.395 e. The first kappa shape index (κ1) is 12.0. The van der Waals surface area contributed by atoms with Gasteiger partial charge in [-0.15, -0.1) is 0 Å². The Kier molecular flexibility index (Phi) is 2.70. The van der Waals surface area contributed by atoms with E-state index in [-0.39, 0.29) is 12.4 Å². The maximum Gasteiger partial charge on any atom is 0.192 e. The van der Waals surface area contributed by atoms with Crippen LogP contribution in [0.5, 0.6) is 0 Å². The lowest BCUT2D eigenvalue weighted by Gasteiger charge is -2.09. The zero-order valence-electron chi connectivity index (χ0n) is 10.6. The number of aryl methyl sites for hydroxylation is 1. The van der Waals surface area contributed by atoms with Gasteiger partial charge in [-0.05, 0) is 32.3 Å². The molecule has 0 saturated heterocycles. The highest BCUT2D eigenvalue weighted by molar-refractivity contribution is 6.04. The van der Waals surface area contributed by atoms with Crippen molar-refractivity contribution in [3.05, 3.63) is 23.5 Å². The molecule has 0 aliphatic heterocycles. The van der Waals surface area contributed by atoms with Crippen LogP contribution in [0.3, 0.4) is 0 Å². The van der Waals surface area contributed by atoms with Crippen LogP contribution in [0.25, 0.3) is 5.57 Å². The average Bonchev–Trinajstić information content (AvgIpc) is 3.01. The predicted molar refractivity (Wildman–Crippen MR) is 65.7 cm³/mol. The van der Waals surface area contributed by atoms with E-state index in [1.54, 1.807) is 4.68 Å². The molecule has 0 atom stereocenters. The van der Waals surface area contributed by atoms with E-state index in [1.165, 1.54) is 0 Å². The molecular formula is C13H18N2O2. The van der Waals surface area contributed by atoms with Crippen LogP contribution >= 0.6 is 0 Å². The summed E-state index contributed by atoms with van der Waals surface area (Å²) in [6, 6.07) is 0. The van der Waals surface area contributed by atoms with Crippen molar-refractivity contribution < 1.29 is 9.90 Å². The van der Waals surface area contributed by atoms with Crippen molar-refractivity contribution in [2.75, 3.05) is 6.61 Å². The zero-order chi connectivity index (χ0) is 12.8. The summed E-state index contributed by atoms with van der Waals surface area (Å²) in [4.78, 5) is 12.4. The molecule has 4 heteroatoms. The highest BCUT2D eigenvalue weighted by atomic mass is 16.3. The van der Waals surface area contributed by atoms with Crippen molar-refractivity contribution in [1.29, 1.82) is 0 Å². The Bertz CT molecular complexity index is 496. The molecule has 0 spiro atoms. The summed E-state index contributed by atoms with van der Waals surface area (Å²) in [7, 11) is 1.82. The van der Waals surface area contributed by atoms with Gasteiger partial charge in [-0.3, -0.25) is 9.48 Å². The number of aromatic nitrogens is 2. The number of carbonyl (C=O) groups is 1. The second kappa shape index (κ2) is 3.81. The van der Waals surface area contributed by atoms with Crippen molar-refractivity contribution in [3.63, 3.8) is 0 Å². The molecule has 92 valence electrons. The number of carbonyl (C=O) groups excluding carboxylic acids is 1. The van der Waals surface area contributed by atoms with Gasteiger partial charge in [-0.1, -0.05) is 6.58 Å². The second-order valence-electron chi connectivity index (χ2n) is 4.98. The lowest BCUT2D eigenvalue weighted by Crippen LogP contribution is -2.21. The Labute approximate surface area is 101 Å². The molecule has 1 aromatic heterocycles. The van der Waals surface area contributed by atoms with Gasteiger partial charge in [0.15, 0.2) is 5.78 Å². The highest BCUT2D eigenvalue weighted by Gasteiger charge is 2.51. The third kappa shape index (κ3) is 1.72. The van der Waals surface area contributed by atoms with E-state index < -0.39 is 5.41 Å². The fourth-order valence-corrected chi connectivity index (χ4v) is 2.14. The Morgan fingerprint density at radius 3 is 2.59 bits per heavy atom. The maximum atomic E-state index is 12.4. The molecule has 1 aromatic rings. The molecule has 1 aliphatic rings. The Balaban J connectivity index is 2.49. The number of Topliss-reactive ketones (excluding diaryl/α,β-unsaturated/α-hetero) is 1. The summed E-state index contributed by atoms with van der Waals surface area (Å²) < 4.78 is 1.70. The van der Waals surface area contributed by atoms with Crippen LogP contribution in [0.15, 0.2) is 6.58 Å². The van der Waals surface area contributed by atoms with E-state index in [0.717, 1.165) is 29.7 Å². The number of aliphatic hydroxyl groups is 1. The topological polar surface area (TPSA) is 55.1 Å². The largest absolute Gasteiger partial charge is 0.395 e. The van der Waals surface area contributed by atoms with Crippen LogP contribution in [0.4, 0.5) is 0 Å². The molecule has 0 unspecified atom stereocenters. The van der Waals surface area contributed by atoms with Crippen molar-refractivity contribution in [1.82, 2.24) is 9.78 Å². The first-order valence-electron chi connectivity index (χ1n) is 5.78. The third-order valence-electron chi connectivity index (χ3n) is 3.61. The molecular weight excluding hydrogens is 216 g/mol. The first-order chi connectivity index (χ1) is 7.93. The molecule has 0 amide bonds. The summed E-state index contributed by atoms with van der Waals surface area (Å²) in [5.41, 5.74) is 2.51. The predicted octanol–water partition coefficient (Wildman–Crippen LogP) is 1.72. The van der Waals surface area contributed by atoms with Crippen LogP contribution in [-0.2, 0) is 7.05 Å². The van der Waals surface area contributed by atoms with Gasteiger partial charge >= 0.3 is 0 Å². The molecule has 1 N–H and O–H groups in total. The third-order valence-corrected chi connectivity index (χ3v) is 3.61. The normalized spacial score (nSPS) is 16.9. The lowest BCUT2D eigenvalue weighted by atomic mass is 9.94. The average molecular weight is 234 g/mol. The number of rotatable bonds is 4. The van der Waals surface area contributed by atoms with Crippen molar-refractivity contribution in [2.24, 2.45) is 12.5 Å². The van der Waals surface area contributed by atoms with Gasteiger partial charge < -0.3 is 5.11 Å². The molecule has 1 aliphatic carbocycles. The van der Waals surface area contributed by atoms with Crippen LogP contribution in [0, 0.1) is 12.3 Å². The van der Waals surface area contributed by atoms with Crippen molar-refractivity contribution in [3.8, 4) is 0 Å². The standard InChI is InChI=1S/C13H18N2O2/c1-8(2)10-9(3)15(4)14-11(10)12(17)13(7-16)5-6-13/h16H,1,5-7H2,2-4H3. The molecule has 0 aromatic carbocycles. The van der Waals surface area contributed by atoms with Crippen molar-refractivity contribution in [2.45, 2.75) is 26.7 Å². The number of ketones is 1. The lowest BCUT2D eigenvalue weighted by molar-refractivity contribution is 0.0823. The van der Waals surface area contributed by atoms with E-state index in [1.807, 2.05) is 20.9 Å². The number of hydrogen-bond acceptors (Lipinski definition) is 3. The van der Waals surface area contributed by atoms with E-state index in [9.17, 15) is 9.90 Å². The number of hydrogen-bond donors (Lipinski definition) is 1. The Hall–Kier alpha value is -1.42. The molecule has 1 saturated carbocycles. The van der Waals surface area contributed by atoms with Crippen LogP contribution < -0.4 is 0 Å². The number of allylic oxidation sites excluding steroid dienone is 1. The quantitative estimate of drug-likeness (QED) is 0.807. The van der Waals surface area contributed by atoms with Gasteiger partial charge in [0.1, 0.15) is 5.69 Å². The fourth-order valence-electron chi connectivity index (χ4n) is 2.14. The molecule has 1 heterocycles. The van der Waals surface area contributed by atoms with E-state index in [0.29, 0.717) is 5.69 Å². The summed E-state index contributed by atoms with van der Waals surface area (Å²) in [5.74, 6) is -0.0401.